The molecule has 210 valence electrons. The highest BCUT2D eigenvalue weighted by molar-refractivity contribution is 9.10. The van der Waals surface area contributed by atoms with Crippen LogP contribution in [0.4, 0.5) is 5.69 Å². The molecule has 0 heterocycles. The van der Waals surface area contributed by atoms with Gasteiger partial charge in [0.05, 0.1) is 29.8 Å². The number of hydrogen-bond donors (Lipinski definition) is 1. The summed E-state index contributed by atoms with van der Waals surface area (Å²) < 4.78 is 23.7. The fraction of sp³-hybridized carbons (Fsp3) is 0.133. The molecule has 1 N–H and O–H groups in total. The fourth-order valence-electron chi connectivity index (χ4n) is 3.73. The van der Waals surface area contributed by atoms with E-state index in [4.69, 9.17) is 18.9 Å². The van der Waals surface area contributed by atoms with Gasteiger partial charge in [-0.2, -0.15) is 5.10 Å². The first-order valence-electron chi connectivity index (χ1n) is 12.3. The Balaban J connectivity index is 1.38. The van der Waals surface area contributed by atoms with Gasteiger partial charge in [-0.05, 0) is 69.0 Å². The minimum atomic E-state index is -0.534. The average molecular weight is 620 g/mol. The van der Waals surface area contributed by atoms with Crippen molar-refractivity contribution in [3.05, 3.63) is 122 Å². The first-order valence-corrected chi connectivity index (χ1v) is 13.1. The second-order valence-corrected chi connectivity index (χ2v) is 9.44. The molecule has 41 heavy (non-hydrogen) atoms. The quantitative estimate of drug-likeness (QED) is 0.112. The molecule has 0 aromatic heterocycles. The average Bonchev–Trinajstić information content (AvgIpc) is 2.99. The van der Waals surface area contributed by atoms with Gasteiger partial charge in [0.1, 0.15) is 13.2 Å². The number of non-ortho nitro benzene ring substituents is 1. The molecule has 0 atom stereocenters. The monoisotopic (exact) mass is 619 g/mol. The number of amides is 1. The van der Waals surface area contributed by atoms with E-state index in [0.29, 0.717) is 39.6 Å². The van der Waals surface area contributed by atoms with Crippen LogP contribution in [-0.2, 0) is 13.2 Å². The van der Waals surface area contributed by atoms with E-state index >= 15 is 0 Å². The molecule has 0 spiro atoms. The molecule has 4 aromatic carbocycles. The standard InChI is InChI=1S/C30H26BrN3O7/c1-38-27-15-21(8-13-26(27)40-18-20-6-4-3-5-7-20)19-41-29-25(31)14-22(16-28(29)39-2)17-32-33-30(35)23-9-11-24(12-10-23)34(36)37/h3-17H,18-19H2,1-2H3,(H,33,35)/b32-17+. The van der Waals surface area contributed by atoms with Crippen molar-refractivity contribution < 1.29 is 28.7 Å². The number of hydrogen-bond acceptors (Lipinski definition) is 8. The van der Waals surface area contributed by atoms with Crippen LogP contribution in [0.15, 0.2) is 94.5 Å². The van der Waals surface area contributed by atoms with E-state index in [1.807, 2.05) is 48.5 Å². The second-order valence-electron chi connectivity index (χ2n) is 8.59. The molecule has 0 aliphatic carbocycles. The van der Waals surface area contributed by atoms with Crippen LogP contribution in [0.5, 0.6) is 23.0 Å². The van der Waals surface area contributed by atoms with Gasteiger partial charge in [-0.1, -0.05) is 36.4 Å². The molecule has 0 aliphatic rings. The molecular formula is C30H26BrN3O7. The highest BCUT2D eigenvalue weighted by Gasteiger charge is 2.14. The van der Waals surface area contributed by atoms with Gasteiger partial charge in [-0.25, -0.2) is 5.43 Å². The Kier molecular flexibility index (Phi) is 9.89. The van der Waals surface area contributed by atoms with E-state index in [1.165, 1.54) is 37.6 Å². The van der Waals surface area contributed by atoms with Crippen molar-refractivity contribution in [1.29, 1.82) is 0 Å². The van der Waals surface area contributed by atoms with Crippen molar-refractivity contribution >= 4 is 33.7 Å². The number of nitrogens with one attached hydrogen (secondary N) is 1. The van der Waals surface area contributed by atoms with Crippen molar-refractivity contribution in [1.82, 2.24) is 5.43 Å². The van der Waals surface area contributed by atoms with Crippen molar-refractivity contribution in [3.8, 4) is 23.0 Å². The molecule has 0 radical (unpaired) electrons. The van der Waals surface area contributed by atoms with Crippen molar-refractivity contribution in [2.24, 2.45) is 5.10 Å². The lowest BCUT2D eigenvalue weighted by Crippen LogP contribution is -2.17. The van der Waals surface area contributed by atoms with E-state index < -0.39 is 10.8 Å². The second kappa shape index (κ2) is 13.9. The smallest absolute Gasteiger partial charge is 0.271 e. The third-order valence-electron chi connectivity index (χ3n) is 5.82. The van der Waals surface area contributed by atoms with Gasteiger partial charge in [0.25, 0.3) is 11.6 Å². The molecule has 0 saturated carbocycles. The van der Waals surface area contributed by atoms with Crippen LogP contribution in [-0.4, -0.2) is 31.3 Å². The van der Waals surface area contributed by atoms with E-state index in [0.717, 1.165) is 11.1 Å². The SMILES string of the molecule is COc1cc(COc2c(Br)cc(/C=N/NC(=O)c3ccc([N+](=O)[O-])cc3)cc2OC)ccc1OCc1ccccc1. The first kappa shape index (κ1) is 29.1. The summed E-state index contributed by atoms with van der Waals surface area (Å²) in [6, 6.07) is 24.2. The Bertz CT molecular complexity index is 1540. The Morgan fingerprint density at radius 3 is 2.27 bits per heavy atom. The summed E-state index contributed by atoms with van der Waals surface area (Å²) in [4.78, 5) is 22.5. The molecule has 0 fully saturated rings. The third kappa shape index (κ3) is 7.83. The number of methoxy groups -OCH3 is 2. The zero-order valence-corrected chi connectivity index (χ0v) is 23.8. The lowest BCUT2D eigenvalue weighted by Gasteiger charge is -2.15. The molecule has 1 amide bonds. The highest BCUT2D eigenvalue weighted by Crippen LogP contribution is 2.37. The van der Waals surface area contributed by atoms with E-state index in [2.05, 4.69) is 26.5 Å². The van der Waals surface area contributed by atoms with Gasteiger partial charge < -0.3 is 18.9 Å². The Labute approximate surface area is 244 Å². The number of halogens is 1. The van der Waals surface area contributed by atoms with Gasteiger partial charge in [-0.3, -0.25) is 14.9 Å². The highest BCUT2D eigenvalue weighted by atomic mass is 79.9. The van der Waals surface area contributed by atoms with Gasteiger partial charge >= 0.3 is 0 Å². The maximum absolute atomic E-state index is 12.3. The van der Waals surface area contributed by atoms with Gasteiger partial charge in [0, 0.05) is 17.7 Å². The Morgan fingerprint density at radius 1 is 0.878 bits per heavy atom. The summed E-state index contributed by atoms with van der Waals surface area (Å²) in [6.07, 6.45) is 1.44. The normalized spacial score (nSPS) is 10.7. The third-order valence-corrected chi connectivity index (χ3v) is 6.41. The van der Waals surface area contributed by atoms with Crippen LogP contribution in [0.2, 0.25) is 0 Å². The van der Waals surface area contributed by atoms with Crippen LogP contribution in [0, 0.1) is 10.1 Å². The number of hydrazone groups is 1. The number of ether oxygens (including phenoxy) is 4. The lowest BCUT2D eigenvalue weighted by molar-refractivity contribution is -0.384. The number of nitro benzene ring substituents is 1. The van der Waals surface area contributed by atoms with Crippen LogP contribution in [0.25, 0.3) is 0 Å². The van der Waals surface area contributed by atoms with Crippen LogP contribution >= 0.6 is 15.9 Å². The summed E-state index contributed by atoms with van der Waals surface area (Å²) >= 11 is 3.52. The van der Waals surface area contributed by atoms with Crippen molar-refractivity contribution in [2.75, 3.05) is 14.2 Å². The molecule has 0 aliphatic heterocycles. The maximum atomic E-state index is 12.3. The van der Waals surface area contributed by atoms with E-state index in [1.54, 1.807) is 19.2 Å². The summed E-state index contributed by atoms with van der Waals surface area (Å²) in [6.45, 7) is 0.663. The molecule has 11 heteroatoms. The maximum Gasteiger partial charge on any atom is 0.271 e. The minimum Gasteiger partial charge on any atom is -0.493 e. The van der Waals surface area contributed by atoms with Gasteiger partial charge in [0.15, 0.2) is 23.0 Å². The number of benzene rings is 4. The van der Waals surface area contributed by atoms with Crippen LogP contribution in [0.1, 0.15) is 27.0 Å². The summed E-state index contributed by atoms with van der Waals surface area (Å²) in [5.41, 5.74) is 5.08. The van der Waals surface area contributed by atoms with Crippen LogP contribution in [0.3, 0.4) is 0 Å². The molecule has 4 aromatic rings. The zero-order valence-electron chi connectivity index (χ0n) is 22.2. The molecule has 0 bridgehead atoms. The Hall–Kier alpha value is -4.90. The summed E-state index contributed by atoms with van der Waals surface area (Å²) in [5.74, 6) is 1.66. The fourth-order valence-corrected chi connectivity index (χ4v) is 4.30. The number of nitro groups is 1. The zero-order chi connectivity index (χ0) is 29.2. The molecule has 0 saturated heterocycles. The summed E-state index contributed by atoms with van der Waals surface area (Å²) in [5, 5.41) is 14.8. The van der Waals surface area contributed by atoms with Gasteiger partial charge in [0.2, 0.25) is 0 Å². The molecule has 10 nitrogen and oxygen atoms in total. The Morgan fingerprint density at radius 2 is 1.59 bits per heavy atom. The van der Waals surface area contributed by atoms with E-state index in [-0.39, 0.29) is 17.9 Å². The van der Waals surface area contributed by atoms with E-state index in [9.17, 15) is 14.9 Å². The number of carbonyl (C=O) groups is 1. The topological polar surface area (TPSA) is 122 Å². The van der Waals surface area contributed by atoms with Crippen LogP contribution < -0.4 is 24.4 Å². The largest absolute Gasteiger partial charge is 0.493 e. The first-order chi connectivity index (χ1) is 19.9. The van der Waals surface area contributed by atoms with Gasteiger partial charge in [-0.15, -0.1) is 0 Å². The molecular weight excluding hydrogens is 594 g/mol. The van der Waals surface area contributed by atoms with Crippen molar-refractivity contribution in [3.63, 3.8) is 0 Å². The molecule has 0 unspecified atom stereocenters. The minimum absolute atomic E-state index is 0.103. The van der Waals surface area contributed by atoms with Crippen molar-refractivity contribution in [2.45, 2.75) is 13.2 Å². The predicted octanol–water partition coefficient (Wildman–Crippen LogP) is 6.30. The number of rotatable bonds is 12. The molecule has 4 rings (SSSR count). The number of carbonyl (C=O) groups excluding carboxylic acids is 1. The summed E-state index contributed by atoms with van der Waals surface area (Å²) in [7, 11) is 3.11. The lowest BCUT2D eigenvalue weighted by atomic mass is 10.2. The number of nitrogens with zero attached hydrogens (tertiary/aromatic N) is 2. The predicted molar refractivity (Wildman–Crippen MR) is 157 cm³/mol.